The number of thioether (sulfide) groups is 1. The average Bonchev–Trinajstić information content (AvgIpc) is 2.37. The topological polar surface area (TPSA) is 33.2 Å². The Morgan fingerprint density at radius 3 is 3.06 bits per heavy atom. The number of hydrogen-bond donors (Lipinski definition) is 0. The lowest BCUT2D eigenvalue weighted by molar-refractivity contribution is 0.0763. The predicted octanol–water partition coefficient (Wildman–Crippen LogP) is 2.87. The normalized spacial score (nSPS) is 19.9. The molecule has 0 aliphatic carbocycles. The van der Waals surface area contributed by atoms with E-state index in [1.807, 2.05) is 29.7 Å². The third-order valence-electron chi connectivity index (χ3n) is 2.98. The van der Waals surface area contributed by atoms with E-state index in [9.17, 15) is 4.79 Å². The summed E-state index contributed by atoms with van der Waals surface area (Å²) in [5.41, 5.74) is 1.52. The van der Waals surface area contributed by atoms with Crippen molar-refractivity contribution < 1.29 is 4.79 Å². The molecule has 1 amide bonds. The summed E-state index contributed by atoms with van der Waals surface area (Å²) in [6.45, 7) is 5.79. The number of carbonyl (C=O) groups excluding carboxylic acids is 1. The first-order valence-electron chi connectivity index (χ1n) is 6.17. The number of pyridine rings is 1. The van der Waals surface area contributed by atoms with E-state index in [1.54, 1.807) is 6.07 Å². The van der Waals surface area contributed by atoms with E-state index < -0.39 is 0 Å². The van der Waals surface area contributed by atoms with Gasteiger partial charge in [-0.15, -0.1) is 0 Å². The fourth-order valence-electron chi connectivity index (χ4n) is 2.04. The van der Waals surface area contributed by atoms with Gasteiger partial charge in [0.25, 0.3) is 5.91 Å². The molecule has 1 atom stereocenters. The number of aromatic nitrogens is 1. The molecule has 0 spiro atoms. The summed E-state index contributed by atoms with van der Waals surface area (Å²) >= 11 is 7.87. The molecule has 0 aromatic carbocycles. The minimum Gasteiger partial charge on any atom is -0.337 e. The molecule has 5 heteroatoms. The Bertz CT molecular complexity index is 453. The van der Waals surface area contributed by atoms with Crippen LogP contribution >= 0.6 is 23.4 Å². The first-order chi connectivity index (χ1) is 8.60. The SMILES string of the molecule is CCc1cc(C(=O)N2CCSC(C)C2)cc(Cl)n1. The van der Waals surface area contributed by atoms with Crippen LogP contribution in [0.1, 0.15) is 29.9 Å². The maximum absolute atomic E-state index is 12.4. The lowest BCUT2D eigenvalue weighted by Crippen LogP contribution is -2.41. The second-order valence-corrected chi connectivity index (χ2v) is 6.39. The number of aryl methyl sites for hydroxylation is 1. The van der Waals surface area contributed by atoms with Crippen LogP contribution < -0.4 is 0 Å². The van der Waals surface area contributed by atoms with Gasteiger partial charge < -0.3 is 4.90 Å². The molecule has 98 valence electrons. The van der Waals surface area contributed by atoms with Crippen LogP contribution in [0.15, 0.2) is 12.1 Å². The molecule has 1 aliphatic rings. The highest BCUT2D eigenvalue weighted by Crippen LogP contribution is 2.20. The van der Waals surface area contributed by atoms with Gasteiger partial charge in [0.2, 0.25) is 0 Å². The van der Waals surface area contributed by atoms with E-state index >= 15 is 0 Å². The first kappa shape index (κ1) is 13.7. The van der Waals surface area contributed by atoms with Crippen LogP contribution in [0.3, 0.4) is 0 Å². The second-order valence-electron chi connectivity index (χ2n) is 4.46. The van der Waals surface area contributed by atoms with E-state index in [2.05, 4.69) is 11.9 Å². The predicted molar refractivity (Wildman–Crippen MR) is 76.4 cm³/mol. The van der Waals surface area contributed by atoms with Gasteiger partial charge in [0, 0.05) is 35.3 Å². The molecule has 0 N–H and O–H groups in total. The molecule has 0 saturated carbocycles. The Kier molecular flexibility index (Phi) is 4.51. The van der Waals surface area contributed by atoms with Crippen molar-refractivity contribution in [2.45, 2.75) is 25.5 Å². The van der Waals surface area contributed by atoms with Crippen LogP contribution in [0.2, 0.25) is 5.15 Å². The van der Waals surface area contributed by atoms with E-state index in [0.717, 1.165) is 31.0 Å². The van der Waals surface area contributed by atoms with Crippen LogP contribution in [-0.2, 0) is 6.42 Å². The third kappa shape index (κ3) is 3.18. The molecule has 2 rings (SSSR count). The summed E-state index contributed by atoms with van der Waals surface area (Å²) in [6, 6.07) is 3.51. The number of hydrogen-bond acceptors (Lipinski definition) is 3. The first-order valence-corrected chi connectivity index (χ1v) is 7.60. The number of amides is 1. The molecule has 1 aromatic heterocycles. The van der Waals surface area contributed by atoms with Crippen molar-refractivity contribution in [3.63, 3.8) is 0 Å². The monoisotopic (exact) mass is 284 g/mol. The van der Waals surface area contributed by atoms with Crippen molar-refractivity contribution in [3.8, 4) is 0 Å². The summed E-state index contributed by atoms with van der Waals surface area (Å²) in [7, 11) is 0. The van der Waals surface area contributed by atoms with Gasteiger partial charge in [0.1, 0.15) is 5.15 Å². The Morgan fingerprint density at radius 1 is 1.61 bits per heavy atom. The zero-order chi connectivity index (χ0) is 13.1. The van der Waals surface area contributed by atoms with E-state index in [0.29, 0.717) is 16.0 Å². The van der Waals surface area contributed by atoms with Crippen LogP contribution in [0.25, 0.3) is 0 Å². The molecule has 0 bridgehead atoms. The summed E-state index contributed by atoms with van der Waals surface area (Å²) < 4.78 is 0. The molecule has 2 heterocycles. The van der Waals surface area contributed by atoms with Gasteiger partial charge in [-0.1, -0.05) is 25.4 Å². The van der Waals surface area contributed by atoms with Crippen molar-refractivity contribution in [2.75, 3.05) is 18.8 Å². The summed E-state index contributed by atoms with van der Waals surface area (Å²) in [5, 5.41) is 0.905. The highest BCUT2D eigenvalue weighted by molar-refractivity contribution is 7.99. The van der Waals surface area contributed by atoms with Gasteiger partial charge in [0.15, 0.2) is 0 Å². The van der Waals surface area contributed by atoms with Gasteiger partial charge in [0.05, 0.1) is 0 Å². The quantitative estimate of drug-likeness (QED) is 0.783. The lowest BCUT2D eigenvalue weighted by Gasteiger charge is -2.30. The Balaban J connectivity index is 2.19. The van der Waals surface area contributed by atoms with Gasteiger partial charge in [-0.2, -0.15) is 11.8 Å². The van der Waals surface area contributed by atoms with Crippen molar-refractivity contribution in [1.29, 1.82) is 0 Å². The molecule has 18 heavy (non-hydrogen) atoms. The minimum atomic E-state index is 0.0705. The molecule has 0 radical (unpaired) electrons. The molecule has 1 unspecified atom stereocenters. The standard InChI is InChI=1S/C13H17ClN2OS/c1-3-11-6-10(7-12(14)15-11)13(17)16-4-5-18-9(2)8-16/h6-7,9H,3-5,8H2,1-2H3. The van der Waals surface area contributed by atoms with Crippen LogP contribution in [0.5, 0.6) is 0 Å². The second kappa shape index (κ2) is 5.93. The van der Waals surface area contributed by atoms with Crippen LogP contribution in [0, 0.1) is 0 Å². The Hall–Kier alpha value is -0.740. The largest absolute Gasteiger partial charge is 0.337 e. The molecule has 1 aromatic rings. The molecule has 3 nitrogen and oxygen atoms in total. The zero-order valence-electron chi connectivity index (χ0n) is 10.6. The van der Waals surface area contributed by atoms with Crippen molar-refractivity contribution in [1.82, 2.24) is 9.88 Å². The fourth-order valence-corrected chi connectivity index (χ4v) is 3.28. The van der Waals surface area contributed by atoms with Crippen LogP contribution in [0.4, 0.5) is 0 Å². The van der Waals surface area contributed by atoms with Gasteiger partial charge >= 0.3 is 0 Å². The number of rotatable bonds is 2. The maximum atomic E-state index is 12.4. The van der Waals surface area contributed by atoms with E-state index in [-0.39, 0.29) is 5.91 Å². The number of halogens is 1. The molecular weight excluding hydrogens is 268 g/mol. The highest BCUT2D eigenvalue weighted by atomic mass is 35.5. The van der Waals surface area contributed by atoms with Crippen molar-refractivity contribution in [3.05, 3.63) is 28.5 Å². The van der Waals surface area contributed by atoms with Crippen LogP contribution in [-0.4, -0.2) is 39.9 Å². The minimum absolute atomic E-state index is 0.0705. The average molecular weight is 285 g/mol. The van der Waals surface area contributed by atoms with Crippen molar-refractivity contribution >= 4 is 29.3 Å². The number of carbonyl (C=O) groups is 1. The summed E-state index contributed by atoms with van der Waals surface area (Å²) in [6.07, 6.45) is 0.785. The summed E-state index contributed by atoms with van der Waals surface area (Å²) in [4.78, 5) is 18.5. The molecule has 1 saturated heterocycles. The third-order valence-corrected chi connectivity index (χ3v) is 4.31. The highest BCUT2D eigenvalue weighted by Gasteiger charge is 2.22. The number of nitrogens with zero attached hydrogens (tertiary/aromatic N) is 2. The Labute approximate surface area is 117 Å². The lowest BCUT2D eigenvalue weighted by atomic mass is 10.1. The maximum Gasteiger partial charge on any atom is 0.254 e. The van der Waals surface area contributed by atoms with Gasteiger partial charge in [-0.25, -0.2) is 4.98 Å². The van der Waals surface area contributed by atoms with E-state index in [1.165, 1.54) is 0 Å². The smallest absolute Gasteiger partial charge is 0.254 e. The van der Waals surface area contributed by atoms with Gasteiger partial charge in [-0.05, 0) is 18.6 Å². The zero-order valence-corrected chi connectivity index (χ0v) is 12.2. The van der Waals surface area contributed by atoms with Crippen molar-refractivity contribution in [2.24, 2.45) is 0 Å². The van der Waals surface area contributed by atoms with Gasteiger partial charge in [-0.3, -0.25) is 4.79 Å². The molecule has 1 aliphatic heterocycles. The fraction of sp³-hybridized carbons (Fsp3) is 0.538. The molecular formula is C13H17ClN2OS. The Morgan fingerprint density at radius 2 is 2.39 bits per heavy atom. The van der Waals surface area contributed by atoms with E-state index in [4.69, 9.17) is 11.6 Å². The summed E-state index contributed by atoms with van der Waals surface area (Å²) in [5.74, 6) is 1.08. The molecule has 1 fully saturated rings.